The smallest absolute Gasteiger partial charge is 0.347 e. The third-order valence-corrected chi connectivity index (χ3v) is 4.47. The number of hydrogen-bond acceptors (Lipinski definition) is 5. The van der Waals surface area contributed by atoms with Crippen molar-refractivity contribution in [2.75, 3.05) is 0 Å². The molecular formula is C22H22O5. The van der Waals surface area contributed by atoms with Crippen LogP contribution in [0.5, 0.6) is 5.75 Å². The molecule has 5 nitrogen and oxygen atoms in total. The summed E-state index contributed by atoms with van der Waals surface area (Å²) in [4.78, 5) is 24.3. The van der Waals surface area contributed by atoms with Gasteiger partial charge in [0.25, 0.3) is 0 Å². The summed E-state index contributed by atoms with van der Waals surface area (Å²) in [6.45, 7) is 5.77. The minimum absolute atomic E-state index is 0.0158. The summed E-state index contributed by atoms with van der Waals surface area (Å²) in [5, 5.41) is 0.766. The van der Waals surface area contributed by atoms with Crippen molar-refractivity contribution in [3.05, 3.63) is 75.6 Å². The molecule has 3 aromatic rings. The van der Waals surface area contributed by atoms with E-state index in [9.17, 15) is 9.59 Å². The van der Waals surface area contributed by atoms with E-state index in [1.165, 1.54) is 6.07 Å². The van der Waals surface area contributed by atoms with Crippen molar-refractivity contribution in [1.29, 1.82) is 0 Å². The number of fused-ring (bicyclic) bond motifs is 1. The Hall–Kier alpha value is -3.08. The Balaban J connectivity index is 1.78. The SMILES string of the molecule is CC[C@H](Oc1ccccc1)C(=O)OCc1cc(=O)oc2cc(C)c(C)cc12. The van der Waals surface area contributed by atoms with Gasteiger partial charge in [-0.3, -0.25) is 0 Å². The fourth-order valence-corrected chi connectivity index (χ4v) is 2.81. The lowest BCUT2D eigenvalue weighted by Crippen LogP contribution is -2.28. The van der Waals surface area contributed by atoms with Gasteiger partial charge in [0.15, 0.2) is 6.10 Å². The zero-order chi connectivity index (χ0) is 19.4. The minimum Gasteiger partial charge on any atom is -0.479 e. The van der Waals surface area contributed by atoms with E-state index < -0.39 is 17.7 Å². The summed E-state index contributed by atoms with van der Waals surface area (Å²) in [6, 6.07) is 14.3. The van der Waals surface area contributed by atoms with E-state index >= 15 is 0 Å². The van der Waals surface area contributed by atoms with E-state index in [2.05, 4.69) is 0 Å². The molecule has 0 aliphatic heterocycles. The molecule has 0 N–H and O–H groups in total. The molecule has 2 aromatic carbocycles. The maximum Gasteiger partial charge on any atom is 0.347 e. The zero-order valence-corrected chi connectivity index (χ0v) is 15.7. The first kappa shape index (κ1) is 18.7. The molecule has 1 atom stereocenters. The topological polar surface area (TPSA) is 65.7 Å². The van der Waals surface area contributed by atoms with Crippen LogP contribution in [-0.4, -0.2) is 12.1 Å². The number of hydrogen-bond donors (Lipinski definition) is 0. The Labute approximate surface area is 157 Å². The van der Waals surface area contributed by atoms with Gasteiger partial charge < -0.3 is 13.9 Å². The number of para-hydroxylation sites is 1. The molecule has 0 unspecified atom stereocenters. The molecule has 140 valence electrons. The van der Waals surface area contributed by atoms with Crippen LogP contribution in [0.25, 0.3) is 11.0 Å². The second-order valence-electron chi connectivity index (χ2n) is 6.46. The summed E-state index contributed by atoms with van der Waals surface area (Å²) in [5.74, 6) is 0.143. The van der Waals surface area contributed by atoms with Crippen LogP contribution < -0.4 is 10.4 Å². The van der Waals surface area contributed by atoms with E-state index in [1.54, 1.807) is 12.1 Å². The summed E-state index contributed by atoms with van der Waals surface area (Å²) in [6.07, 6.45) is -0.230. The van der Waals surface area contributed by atoms with E-state index in [0.29, 0.717) is 23.3 Å². The maximum absolute atomic E-state index is 12.4. The Morgan fingerprint density at radius 3 is 2.48 bits per heavy atom. The molecule has 0 saturated carbocycles. The average molecular weight is 366 g/mol. The number of carbonyl (C=O) groups is 1. The highest BCUT2D eigenvalue weighted by Crippen LogP contribution is 2.22. The quantitative estimate of drug-likeness (QED) is 0.480. The van der Waals surface area contributed by atoms with Gasteiger partial charge in [-0.05, 0) is 55.7 Å². The molecular weight excluding hydrogens is 344 g/mol. The van der Waals surface area contributed by atoms with E-state index in [-0.39, 0.29) is 6.61 Å². The molecule has 1 heterocycles. The first-order valence-corrected chi connectivity index (χ1v) is 8.90. The predicted octanol–water partition coefficient (Wildman–Crippen LogP) is 4.31. The molecule has 0 amide bonds. The Bertz CT molecular complexity index is 1000. The predicted molar refractivity (Wildman–Crippen MR) is 103 cm³/mol. The van der Waals surface area contributed by atoms with Crippen molar-refractivity contribution in [2.24, 2.45) is 0 Å². The van der Waals surface area contributed by atoms with Gasteiger partial charge in [-0.15, -0.1) is 0 Å². The standard InChI is InChI=1S/C22H22O5/c1-4-19(26-17-8-6-5-7-9-17)22(24)25-13-16-12-21(23)27-20-11-15(3)14(2)10-18(16)20/h5-12,19H,4,13H2,1-3H3/t19-/m0/s1. The number of ether oxygens (including phenoxy) is 2. The highest BCUT2D eigenvalue weighted by Gasteiger charge is 2.21. The Morgan fingerprint density at radius 2 is 1.78 bits per heavy atom. The number of carbonyl (C=O) groups excluding carboxylic acids is 1. The van der Waals surface area contributed by atoms with Crippen molar-refractivity contribution in [3.8, 4) is 5.75 Å². The van der Waals surface area contributed by atoms with Gasteiger partial charge in [0.2, 0.25) is 0 Å². The van der Waals surface area contributed by atoms with Crippen molar-refractivity contribution in [3.63, 3.8) is 0 Å². The summed E-state index contributed by atoms with van der Waals surface area (Å²) in [5.41, 5.74) is 2.74. The monoisotopic (exact) mass is 366 g/mol. The van der Waals surface area contributed by atoms with Gasteiger partial charge in [0, 0.05) is 17.0 Å². The number of benzene rings is 2. The summed E-state index contributed by atoms with van der Waals surface area (Å²) < 4.78 is 16.4. The highest BCUT2D eigenvalue weighted by molar-refractivity contribution is 5.82. The van der Waals surface area contributed by atoms with Crippen LogP contribution in [-0.2, 0) is 16.1 Å². The van der Waals surface area contributed by atoms with Crippen LogP contribution in [0.1, 0.15) is 30.0 Å². The maximum atomic E-state index is 12.4. The lowest BCUT2D eigenvalue weighted by Gasteiger charge is -2.17. The largest absolute Gasteiger partial charge is 0.479 e. The number of rotatable bonds is 6. The van der Waals surface area contributed by atoms with Crippen LogP contribution in [0.3, 0.4) is 0 Å². The van der Waals surface area contributed by atoms with Crippen molar-refractivity contribution < 1.29 is 18.7 Å². The summed E-state index contributed by atoms with van der Waals surface area (Å²) >= 11 is 0. The molecule has 0 radical (unpaired) electrons. The first-order valence-electron chi connectivity index (χ1n) is 8.90. The van der Waals surface area contributed by atoms with Crippen molar-refractivity contribution in [2.45, 2.75) is 39.9 Å². The molecule has 0 saturated heterocycles. The van der Waals surface area contributed by atoms with E-state index in [1.807, 2.05) is 51.1 Å². The van der Waals surface area contributed by atoms with Gasteiger partial charge in [-0.25, -0.2) is 9.59 Å². The molecule has 27 heavy (non-hydrogen) atoms. The minimum atomic E-state index is -0.706. The van der Waals surface area contributed by atoms with Gasteiger partial charge in [-0.1, -0.05) is 25.1 Å². The van der Waals surface area contributed by atoms with Crippen molar-refractivity contribution in [1.82, 2.24) is 0 Å². The molecule has 0 fully saturated rings. The highest BCUT2D eigenvalue weighted by atomic mass is 16.6. The van der Waals surface area contributed by atoms with Gasteiger partial charge >= 0.3 is 11.6 Å². The zero-order valence-electron chi connectivity index (χ0n) is 15.7. The van der Waals surface area contributed by atoms with E-state index in [0.717, 1.165) is 16.5 Å². The van der Waals surface area contributed by atoms with Crippen LogP contribution in [0.15, 0.2) is 57.7 Å². The molecule has 0 spiro atoms. The molecule has 1 aromatic heterocycles. The van der Waals surface area contributed by atoms with Gasteiger partial charge in [-0.2, -0.15) is 0 Å². The normalized spacial score (nSPS) is 12.0. The summed E-state index contributed by atoms with van der Waals surface area (Å²) in [7, 11) is 0. The van der Waals surface area contributed by atoms with Gasteiger partial charge in [0.05, 0.1) is 0 Å². The van der Waals surface area contributed by atoms with Crippen LogP contribution >= 0.6 is 0 Å². The lowest BCUT2D eigenvalue weighted by atomic mass is 10.0. The molecule has 3 rings (SSSR count). The third kappa shape index (κ3) is 4.37. The van der Waals surface area contributed by atoms with Crippen LogP contribution in [0.2, 0.25) is 0 Å². The number of esters is 1. The number of aryl methyl sites for hydroxylation is 2. The molecule has 0 aliphatic carbocycles. The first-order chi connectivity index (χ1) is 13.0. The second kappa shape index (κ2) is 8.08. The lowest BCUT2D eigenvalue weighted by molar-refractivity contribution is -0.153. The second-order valence-corrected chi connectivity index (χ2v) is 6.46. The molecule has 5 heteroatoms. The average Bonchev–Trinajstić information content (AvgIpc) is 2.66. The third-order valence-electron chi connectivity index (χ3n) is 4.47. The van der Waals surface area contributed by atoms with Crippen LogP contribution in [0, 0.1) is 13.8 Å². The Kier molecular flexibility index (Phi) is 5.60. The Morgan fingerprint density at radius 1 is 1.07 bits per heavy atom. The fraction of sp³-hybridized carbons (Fsp3) is 0.273. The molecule has 0 aliphatic rings. The van der Waals surface area contributed by atoms with Crippen molar-refractivity contribution >= 4 is 16.9 Å². The molecule has 0 bridgehead atoms. The van der Waals surface area contributed by atoms with Gasteiger partial charge in [0.1, 0.15) is 17.9 Å². The fourth-order valence-electron chi connectivity index (χ4n) is 2.81. The van der Waals surface area contributed by atoms with E-state index in [4.69, 9.17) is 13.9 Å². The van der Waals surface area contributed by atoms with Crippen LogP contribution in [0.4, 0.5) is 0 Å².